The number of carboxylic acid groups (broad SMARTS) is 1. The number of rotatable bonds is 5. The van der Waals surface area contributed by atoms with Gasteiger partial charge in [0.05, 0.1) is 11.1 Å². The zero-order valence-corrected chi connectivity index (χ0v) is 11.0. The summed E-state index contributed by atoms with van der Waals surface area (Å²) in [5, 5.41) is 16.1. The average Bonchev–Trinajstić information content (AvgIpc) is 2.43. The average molecular weight is 274 g/mol. The zero-order valence-electron chi connectivity index (χ0n) is 11.0. The molecule has 1 amide bonds. The Labute approximate surface area is 115 Å². The number of amides is 1. The fourth-order valence-electron chi connectivity index (χ4n) is 2.17. The lowest BCUT2D eigenvalue weighted by atomic mass is 9.94. The van der Waals surface area contributed by atoms with Crippen LogP contribution >= 0.6 is 0 Å². The number of benzene rings is 1. The fourth-order valence-corrected chi connectivity index (χ4v) is 2.17. The molecule has 1 aromatic carbocycles. The van der Waals surface area contributed by atoms with Gasteiger partial charge in [-0.1, -0.05) is 25.8 Å². The minimum atomic E-state index is -1.25. The van der Waals surface area contributed by atoms with E-state index in [0.29, 0.717) is 6.42 Å². The van der Waals surface area contributed by atoms with Crippen molar-refractivity contribution in [2.45, 2.75) is 32.6 Å². The minimum Gasteiger partial charge on any atom is -0.478 e. The molecule has 1 aliphatic rings. The highest BCUT2D eigenvalue weighted by Gasteiger charge is 2.30. The molecule has 0 aromatic heterocycles. The second-order valence-electron chi connectivity index (χ2n) is 4.59. The van der Waals surface area contributed by atoms with Crippen molar-refractivity contribution in [2.24, 2.45) is 10.2 Å². The van der Waals surface area contributed by atoms with Gasteiger partial charge >= 0.3 is 11.9 Å². The first-order chi connectivity index (χ1) is 9.56. The molecule has 0 unspecified atom stereocenters. The predicted molar refractivity (Wildman–Crippen MR) is 70.5 cm³/mol. The van der Waals surface area contributed by atoms with Gasteiger partial charge in [-0.3, -0.25) is 9.59 Å². The summed E-state index contributed by atoms with van der Waals surface area (Å²) in [6.45, 7) is 2.07. The van der Waals surface area contributed by atoms with E-state index >= 15 is 0 Å². The first kappa shape index (κ1) is 14.0. The van der Waals surface area contributed by atoms with Crippen LogP contribution in [0.2, 0.25) is 0 Å². The molecule has 0 spiro atoms. The van der Waals surface area contributed by atoms with Crippen LogP contribution in [-0.2, 0) is 11.2 Å². The molecule has 1 heterocycles. The SMILES string of the molecule is CCCCCc1ccc(C(=O)O)c2c1N=NC(=O)C2=O. The third-order valence-electron chi connectivity index (χ3n) is 3.20. The van der Waals surface area contributed by atoms with Crippen molar-refractivity contribution in [2.75, 3.05) is 0 Å². The summed E-state index contributed by atoms with van der Waals surface area (Å²) in [6.07, 6.45) is 3.66. The molecular weight excluding hydrogens is 260 g/mol. The van der Waals surface area contributed by atoms with Crippen molar-refractivity contribution >= 4 is 23.3 Å². The molecule has 0 aliphatic carbocycles. The second-order valence-corrected chi connectivity index (χ2v) is 4.59. The van der Waals surface area contributed by atoms with E-state index in [4.69, 9.17) is 5.11 Å². The quantitative estimate of drug-likeness (QED) is 0.659. The van der Waals surface area contributed by atoms with E-state index in [1.54, 1.807) is 6.07 Å². The highest BCUT2D eigenvalue weighted by atomic mass is 16.4. The Morgan fingerprint density at radius 1 is 1.20 bits per heavy atom. The number of aryl methyl sites for hydroxylation is 1. The summed E-state index contributed by atoms with van der Waals surface area (Å²) in [7, 11) is 0. The molecular formula is C14H14N2O4. The first-order valence-electron chi connectivity index (χ1n) is 6.45. The molecule has 0 saturated carbocycles. The molecule has 0 fully saturated rings. The Hall–Kier alpha value is -2.37. The Morgan fingerprint density at radius 2 is 1.95 bits per heavy atom. The molecule has 6 nitrogen and oxygen atoms in total. The lowest BCUT2D eigenvalue weighted by Crippen LogP contribution is -2.19. The summed E-state index contributed by atoms with van der Waals surface area (Å²) < 4.78 is 0. The van der Waals surface area contributed by atoms with Gasteiger partial charge in [0.2, 0.25) is 0 Å². The van der Waals surface area contributed by atoms with Crippen molar-refractivity contribution < 1.29 is 19.5 Å². The molecule has 104 valence electrons. The Bertz CT molecular complexity index is 620. The summed E-state index contributed by atoms with van der Waals surface area (Å²) in [5.41, 5.74) is 0.649. The van der Waals surface area contributed by atoms with Gasteiger partial charge in [0.15, 0.2) is 0 Å². The Kier molecular flexibility index (Phi) is 4.02. The lowest BCUT2D eigenvalue weighted by Gasteiger charge is -2.14. The molecule has 1 aromatic rings. The standard InChI is InChI=1S/C14H14N2O4/c1-2-3-4-5-8-6-7-9(14(19)20)10-11(8)15-16-13(18)12(10)17/h6-7H,2-5H2,1H3,(H,19,20). The van der Waals surface area contributed by atoms with Gasteiger partial charge in [-0.2, -0.15) is 0 Å². The number of ketones is 1. The maximum absolute atomic E-state index is 11.9. The van der Waals surface area contributed by atoms with E-state index in [9.17, 15) is 14.4 Å². The van der Waals surface area contributed by atoms with Crippen molar-refractivity contribution in [3.05, 3.63) is 28.8 Å². The molecule has 20 heavy (non-hydrogen) atoms. The topological polar surface area (TPSA) is 96.2 Å². The Balaban J connectivity index is 2.50. The van der Waals surface area contributed by atoms with E-state index in [0.717, 1.165) is 24.8 Å². The molecule has 0 atom stereocenters. The molecule has 0 radical (unpaired) electrons. The van der Waals surface area contributed by atoms with Crippen LogP contribution in [-0.4, -0.2) is 22.8 Å². The van der Waals surface area contributed by atoms with Crippen molar-refractivity contribution in [1.82, 2.24) is 0 Å². The maximum Gasteiger partial charge on any atom is 0.336 e. The summed E-state index contributed by atoms with van der Waals surface area (Å²) in [4.78, 5) is 34.3. The highest BCUT2D eigenvalue weighted by molar-refractivity contribution is 6.46. The van der Waals surface area contributed by atoms with Crippen LogP contribution in [0.15, 0.2) is 22.4 Å². The van der Waals surface area contributed by atoms with Gasteiger partial charge < -0.3 is 5.11 Å². The zero-order chi connectivity index (χ0) is 14.7. The Morgan fingerprint density at radius 3 is 2.60 bits per heavy atom. The highest BCUT2D eigenvalue weighted by Crippen LogP contribution is 2.33. The number of carboxylic acids is 1. The molecule has 1 aliphatic heterocycles. The van der Waals surface area contributed by atoms with E-state index < -0.39 is 17.7 Å². The van der Waals surface area contributed by atoms with Crippen LogP contribution in [0.5, 0.6) is 0 Å². The van der Waals surface area contributed by atoms with E-state index in [2.05, 4.69) is 17.2 Å². The lowest BCUT2D eigenvalue weighted by molar-refractivity contribution is -0.114. The number of aromatic carboxylic acids is 1. The fraction of sp³-hybridized carbons (Fsp3) is 0.357. The van der Waals surface area contributed by atoms with Crippen molar-refractivity contribution in [3.8, 4) is 0 Å². The minimum absolute atomic E-state index is 0.133. The number of carbonyl (C=O) groups excluding carboxylic acids is 2. The second kappa shape index (κ2) is 5.73. The summed E-state index contributed by atoms with van der Waals surface area (Å²) in [6, 6.07) is 2.99. The van der Waals surface area contributed by atoms with Crippen LogP contribution in [0.3, 0.4) is 0 Å². The molecule has 1 N–H and O–H groups in total. The van der Waals surface area contributed by atoms with Gasteiger partial charge in [-0.05, 0) is 24.5 Å². The maximum atomic E-state index is 11.9. The molecule has 6 heteroatoms. The predicted octanol–water partition coefficient (Wildman–Crippen LogP) is 2.92. The number of azo groups is 1. The van der Waals surface area contributed by atoms with Gasteiger partial charge in [0, 0.05) is 0 Å². The molecule has 2 rings (SSSR count). The monoisotopic (exact) mass is 274 g/mol. The van der Waals surface area contributed by atoms with E-state index in [1.165, 1.54) is 6.07 Å². The molecule has 0 bridgehead atoms. The number of hydrogen-bond acceptors (Lipinski definition) is 4. The number of nitrogens with zero attached hydrogens (tertiary/aromatic N) is 2. The van der Waals surface area contributed by atoms with Gasteiger partial charge in [0.25, 0.3) is 5.78 Å². The number of carbonyl (C=O) groups is 3. The number of hydrogen-bond donors (Lipinski definition) is 1. The first-order valence-corrected chi connectivity index (χ1v) is 6.45. The third-order valence-corrected chi connectivity index (χ3v) is 3.20. The van der Waals surface area contributed by atoms with Gasteiger partial charge in [-0.15, -0.1) is 10.2 Å². The van der Waals surface area contributed by atoms with Crippen LogP contribution in [0.1, 0.15) is 52.5 Å². The van der Waals surface area contributed by atoms with Crippen LogP contribution < -0.4 is 0 Å². The van der Waals surface area contributed by atoms with Crippen LogP contribution in [0.4, 0.5) is 5.69 Å². The normalized spacial score (nSPS) is 13.4. The van der Waals surface area contributed by atoms with Crippen molar-refractivity contribution in [3.63, 3.8) is 0 Å². The van der Waals surface area contributed by atoms with E-state index in [-0.39, 0.29) is 16.8 Å². The smallest absolute Gasteiger partial charge is 0.336 e. The van der Waals surface area contributed by atoms with E-state index in [1.807, 2.05) is 0 Å². The van der Waals surface area contributed by atoms with Crippen molar-refractivity contribution in [1.29, 1.82) is 0 Å². The number of fused-ring (bicyclic) bond motifs is 1. The number of unbranched alkanes of at least 4 members (excludes halogenated alkanes) is 2. The van der Waals surface area contributed by atoms with Gasteiger partial charge in [0.1, 0.15) is 5.69 Å². The largest absolute Gasteiger partial charge is 0.478 e. The summed E-state index contributed by atoms with van der Waals surface area (Å²) >= 11 is 0. The van der Waals surface area contributed by atoms with Gasteiger partial charge in [-0.25, -0.2) is 4.79 Å². The number of Topliss-reactive ketones (excluding diaryl/α,β-unsaturated/α-hetero) is 1. The van der Waals surface area contributed by atoms with Crippen LogP contribution in [0.25, 0.3) is 0 Å². The molecule has 0 saturated heterocycles. The summed E-state index contributed by atoms with van der Waals surface area (Å²) in [5.74, 6) is -3.17. The third kappa shape index (κ3) is 2.49. The van der Waals surface area contributed by atoms with Crippen LogP contribution in [0, 0.1) is 0 Å².